The molecule has 2 fully saturated rings. The summed E-state index contributed by atoms with van der Waals surface area (Å²) < 4.78 is 33.9. The number of guanidine groups is 1. The highest BCUT2D eigenvalue weighted by molar-refractivity contribution is 5.80. The first kappa shape index (κ1) is 21.6. The molecule has 5 nitrogen and oxygen atoms in total. The van der Waals surface area contributed by atoms with Crippen LogP contribution in [0.5, 0.6) is 0 Å². The van der Waals surface area contributed by atoms with Crippen molar-refractivity contribution >= 4 is 11.6 Å². The maximum atomic E-state index is 14.1. The smallest absolute Gasteiger partial charge is 0.191 e. The van der Waals surface area contributed by atoms with Gasteiger partial charge in [0.2, 0.25) is 0 Å². The summed E-state index contributed by atoms with van der Waals surface area (Å²) in [6.07, 6.45) is 2.68. The summed E-state index contributed by atoms with van der Waals surface area (Å²) in [5.74, 6) is -0.331. The van der Waals surface area contributed by atoms with Gasteiger partial charge in [0.15, 0.2) is 5.96 Å². The minimum absolute atomic E-state index is 0.00482. The summed E-state index contributed by atoms with van der Waals surface area (Å²) in [5.41, 5.74) is 1.36. The van der Waals surface area contributed by atoms with Gasteiger partial charge in [0, 0.05) is 51.4 Å². The number of halogens is 2. The highest BCUT2D eigenvalue weighted by atomic mass is 19.1. The van der Waals surface area contributed by atoms with Crippen molar-refractivity contribution in [3.63, 3.8) is 0 Å². The van der Waals surface area contributed by atoms with Crippen LogP contribution in [0.1, 0.15) is 24.8 Å². The molecule has 7 heteroatoms. The predicted octanol–water partition coefficient (Wildman–Crippen LogP) is 3.46. The van der Waals surface area contributed by atoms with Crippen LogP contribution >= 0.6 is 0 Å². The van der Waals surface area contributed by atoms with Crippen LogP contribution in [0.4, 0.5) is 14.5 Å². The van der Waals surface area contributed by atoms with Gasteiger partial charge >= 0.3 is 0 Å². The number of para-hydroxylation sites is 1. The van der Waals surface area contributed by atoms with Crippen LogP contribution in [0.2, 0.25) is 0 Å². The fourth-order valence-corrected chi connectivity index (χ4v) is 4.63. The standard InChI is InChI=1S/C24H30F2N4O/c1-27-23(28-17-24(11-14-31-15-12-24)18-6-3-2-4-7-18)29-19-10-13-30(16-19)22-20(25)8-5-9-21(22)26/h2-9,19H,10-17H2,1H3,(H2,27,28,29). The van der Waals surface area contributed by atoms with Gasteiger partial charge in [0.25, 0.3) is 0 Å². The van der Waals surface area contributed by atoms with Crippen molar-refractivity contribution in [2.75, 3.05) is 44.8 Å². The first-order valence-electron chi connectivity index (χ1n) is 10.9. The van der Waals surface area contributed by atoms with Crippen LogP contribution in [0, 0.1) is 11.6 Å². The Morgan fingerprint density at radius 3 is 2.48 bits per heavy atom. The molecule has 0 amide bonds. The topological polar surface area (TPSA) is 48.9 Å². The summed E-state index contributed by atoms with van der Waals surface area (Å²) in [6, 6.07) is 14.6. The second kappa shape index (κ2) is 9.64. The maximum Gasteiger partial charge on any atom is 0.191 e. The van der Waals surface area contributed by atoms with E-state index in [0.29, 0.717) is 19.0 Å². The van der Waals surface area contributed by atoms with E-state index in [1.165, 1.54) is 23.8 Å². The number of rotatable bonds is 5. The number of hydrogen-bond donors (Lipinski definition) is 2. The van der Waals surface area contributed by atoms with Crippen molar-refractivity contribution in [2.45, 2.75) is 30.7 Å². The normalized spacial score (nSPS) is 21.2. The molecule has 166 valence electrons. The predicted molar refractivity (Wildman–Crippen MR) is 120 cm³/mol. The molecule has 0 saturated carbocycles. The molecule has 0 spiro atoms. The summed E-state index contributed by atoms with van der Waals surface area (Å²) in [6.45, 7) is 3.36. The SMILES string of the molecule is CN=C(NCC1(c2ccccc2)CCOCC1)NC1CCN(c2c(F)cccc2F)C1. The van der Waals surface area contributed by atoms with E-state index in [2.05, 4.69) is 39.9 Å². The van der Waals surface area contributed by atoms with Gasteiger partial charge in [-0.15, -0.1) is 0 Å². The summed E-state index contributed by atoms with van der Waals surface area (Å²) in [7, 11) is 1.75. The average molecular weight is 429 g/mol. The van der Waals surface area contributed by atoms with Crippen molar-refractivity contribution in [3.8, 4) is 0 Å². The monoisotopic (exact) mass is 428 g/mol. The summed E-state index contributed by atoms with van der Waals surface area (Å²) in [5, 5.41) is 6.93. The minimum atomic E-state index is -0.521. The Morgan fingerprint density at radius 2 is 1.81 bits per heavy atom. The van der Waals surface area contributed by atoms with Gasteiger partial charge < -0.3 is 20.3 Å². The van der Waals surface area contributed by atoms with Crippen molar-refractivity contribution in [3.05, 3.63) is 65.7 Å². The zero-order chi connectivity index (χ0) is 21.7. The molecule has 0 aliphatic carbocycles. The third-order valence-corrected chi connectivity index (χ3v) is 6.44. The van der Waals surface area contributed by atoms with E-state index < -0.39 is 11.6 Å². The lowest BCUT2D eigenvalue weighted by Crippen LogP contribution is -2.50. The molecule has 0 bridgehead atoms. The average Bonchev–Trinajstić information content (AvgIpc) is 3.25. The lowest BCUT2D eigenvalue weighted by Gasteiger charge is -2.38. The van der Waals surface area contributed by atoms with E-state index in [9.17, 15) is 8.78 Å². The number of anilines is 1. The second-order valence-corrected chi connectivity index (χ2v) is 8.33. The zero-order valence-electron chi connectivity index (χ0n) is 17.9. The van der Waals surface area contributed by atoms with E-state index in [0.717, 1.165) is 39.0 Å². The molecule has 0 radical (unpaired) electrons. The van der Waals surface area contributed by atoms with Crippen molar-refractivity contribution < 1.29 is 13.5 Å². The van der Waals surface area contributed by atoms with Crippen LogP contribution < -0.4 is 15.5 Å². The Hall–Kier alpha value is -2.67. The number of benzene rings is 2. The molecule has 2 N–H and O–H groups in total. The van der Waals surface area contributed by atoms with Crippen LogP contribution in [0.3, 0.4) is 0 Å². The van der Waals surface area contributed by atoms with Crippen LogP contribution in [-0.2, 0) is 10.2 Å². The Kier molecular flexibility index (Phi) is 6.70. The van der Waals surface area contributed by atoms with E-state index >= 15 is 0 Å². The third kappa shape index (κ3) is 4.82. The molecule has 2 aromatic carbocycles. The van der Waals surface area contributed by atoms with E-state index in [-0.39, 0.29) is 17.1 Å². The fourth-order valence-electron chi connectivity index (χ4n) is 4.63. The Morgan fingerprint density at radius 1 is 1.10 bits per heavy atom. The lowest BCUT2D eigenvalue weighted by molar-refractivity contribution is 0.0513. The zero-order valence-corrected chi connectivity index (χ0v) is 17.9. The highest BCUT2D eigenvalue weighted by Gasteiger charge is 2.35. The van der Waals surface area contributed by atoms with E-state index in [4.69, 9.17) is 4.74 Å². The number of nitrogens with zero attached hydrogens (tertiary/aromatic N) is 2. The van der Waals surface area contributed by atoms with Gasteiger partial charge in [-0.3, -0.25) is 4.99 Å². The van der Waals surface area contributed by atoms with Gasteiger partial charge in [-0.25, -0.2) is 8.78 Å². The van der Waals surface area contributed by atoms with E-state index in [1.807, 2.05) is 6.07 Å². The Labute approximate surface area is 182 Å². The molecule has 2 aliphatic heterocycles. The van der Waals surface area contributed by atoms with Crippen molar-refractivity contribution in [1.82, 2.24) is 10.6 Å². The maximum absolute atomic E-state index is 14.1. The van der Waals surface area contributed by atoms with Gasteiger partial charge in [0.1, 0.15) is 17.3 Å². The molecule has 1 atom stereocenters. The van der Waals surface area contributed by atoms with E-state index in [1.54, 1.807) is 11.9 Å². The first-order valence-corrected chi connectivity index (χ1v) is 10.9. The molecular weight excluding hydrogens is 398 g/mol. The highest BCUT2D eigenvalue weighted by Crippen LogP contribution is 2.34. The number of hydrogen-bond acceptors (Lipinski definition) is 3. The third-order valence-electron chi connectivity index (χ3n) is 6.44. The fraction of sp³-hybridized carbons (Fsp3) is 0.458. The number of ether oxygens (including phenoxy) is 1. The second-order valence-electron chi connectivity index (χ2n) is 8.33. The summed E-state index contributed by atoms with van der Waals surface area (Å²) >= 11 is 0. The molecule has 1 unspecified atom stereocenters. The molecular formula is C24H30F2N4O. The van der Waals surface area contributed by atoms with Crippen LogP contribution in [-0.4, -0.2) is 51.9 Å². The Balaban J connectivity index is 1.39. The van der Waals surface area contributed by atoms with Gasteiger partial charge in [-0.2, -0.15) is 0 Å². The summed E-state index contributed by atoms with van der Waals surface area (Å²) in [4.78, 5) is 6.15. The quantitative estimate of drug-likeness (QED) is 0.566. The lowest BCUT2D eigenvalue weighted by atomic mass is 9.74. The molecule has 2 saturated heterocycles. The van der Waals surface area contributed by atoms with Crippen LogP contribution in [0.15, 0.2) is 53.5 Å². The first-order chi connectivity index (χ1) is 15.1. The number of aliphatic imine (C=N–C) groups is 1. The molecule has 2 heterocycles. The molecule has 2 aliphatic rings. The molecule has 2 aromatic rings. The van der Waals surface area contributed by atoms with Crippen LogP contribution in [0.25, 0.3) is 0 Å². The number of nitrogens with one attached hydrogen (secondary N) is 2. The largest absolute Gasteiger partial charge is 0.381 e. The Bertz CT molecular complexity index is 879. The molecule has 31 heavy (non-hydrogen) atoms. The molecule has 0 aromatic heterocycles. The van der Waals surface area contributed by atoms with Crippen molar-refractivity contribution in [1.29, 1.82) is 0 Å². The molecule has 4 rings (SSSR count). The van der Waals surface area contributed by atoms with Gasteiger partial charge in [0.05, 0.1) is 0 Å². The van der Waals surface area contributed by atoms with Gasteiger partial charge in [-0.05, 0) is 37.0 Å². The van der Waals surface area contributed by atoms with Crippen molar-refractivity contribution in [2.24, 2.45) is 4.99 Å². The minimum Gasteiger partial charge on any atom is -0.381 e. The van der Waals surface area contributed by atoms with Gasteiger partial charge in [-0.1, -0.05) is 36.4 Å².